The Bertz CT molecular complexity index is 324. The Kier molecular flexibility index (Phi) is 3.75. The molecule has 1 aromatic carbocycles. The summed E-state index contributed by atoms with van der Waals surface area (Å²) in [6.45, 7) is 9.64. The van der Waals surface area contributed by atoms with E-state index in [9.17, 15) is 0 Å². The maximum atomic E-state index is 3.36. The zero-order valence-electron chi connectivity index (χ0n) is 10.4. The van der Waals surface area contributed by atoms with Crippen molar-refractivity contribution in [2.24, 2.45) is 0 Å². The van der Waals surface area contributed by atoms with Gasteiger partial charge in [-0.15, -0.1) is 0 Å². The molecule has 0 unspecified atom stereocenters. The zero-order valence-corrected chi connectivity index (χ0v) is 10.4. The van der Waals surface area contributed by atoms with Crippen LogP contribution >= 0.6 is 0 Å². The first kappa shape index (κ1) is 12.1. The second kappa shape index (κ2) is 4.67. The molecule has 0 fully saturated rings. The molecule has 2 nitrogen and oxygen atoms in total. The highest BCUT2D eigenvalue weighted by atomic mass is 15.0. The van der Waals surface area contributed by atoms with Crippen LogP contribution in [0.15, 0.2) is 18.2 Å². The van der Waals surface area contributed by atoms with E-state index >= 15 is 0 Å². The minimum atomic E-state index is 0.212. The first-order chi connectivity index (χ1) is 6.95. The third kappa shape index (κ3) is 3.24. The molecule has 0 aromatic heterocycles. The number of hydrogen-bond acceptors (Lipinski definition) is 2. The summed E-state index contributed by atoms with van der Waals surface area (Å²) >= 11 is 0. The molecule has 1 rings (SSSR count). The van der Waals surface area contributed by atoms with Crippen molar-refractivity contribution in [1.82, 2.24) is 5.32 Å². The molecule has 0 amide bonds. The molecule has 0 radical (unpaired) electrons. The maximum Gasteiger partial charge on any atom is 0.0650 e. The van der Waals surface area contributed by atoms with Crippen molar-refractivity contribution < 1.29 is 0 Å². The average Bonchev–Trinajstić information content (AvgIpc) is 2.15. The van der Waals surface area contributed by atoms with Gasteiger partial charge in [0.2, 0.25) is 0 Å². The standard InChI is InChI=1S/C13H22N2/c1-10-6-7-11(13(2,3)4)8-12(10)15-9-14-5/h6-8,14-15H,9H2,1-5H3. The van der Waals surface area contributed by atoms with E-state index in [1.54, 1.807) is 0 Å². The van der Waals surface area contributed by atoms with Gasteiger partial charge in [-0.05, 0) is 36.6 Å². The van der Waals surface area contributed by atoms with Gasteiger partial charge < -0.3 is 10.6 Å². The number of anilines is 1. The maximum absolute atomic E-state index is 3.36. The van der Waals surface area contributed by atoms with Gasteiger partial charge in [0.05, 0.1) is 6.67 Å². The van der Waals surface area contributed by atoms with Gasteiger partial charge in [0, 0.05) is 5.69 Å². The Morgan fingerprint density at radius 2 is 1.87 bits per heavy atom. The van der Waals surface area contributed by atoms with E-state index in [0.29, 0.717) is 0 Å². The van der Waals surface area contributed by atoms with E-state index < -0.39 is 0 Å². The summed E-state index contributed by atoms with van der Waals surface area (Å²) in [7, 11) is 1.94. The Balaban J connectivity index is 2.95. The lowest BCUT2D eigenvalue weighted by Crippen LogP contribution is -2.18. The lowest BCUT2D eigenvalue weighted by atomic mass is 9.86. The fourth-order valence-electron chi connectivity index (χ4n) is 1.46. The topological polar surface area (TPSA) is 24.1 Å². The Labute approximate surface area is 93.1 Å². The highest BCUT2D eigenvalue weighted by molar-refractivity contribution is 5.53. The lowest BCUT2D eigenvalue weighted by Gasteiger charge is -2.21. The van der Waals surface area contributed by atoms with Crippen LogP contribution in [-0.2, 0) is 5.41 Å². The second-order valence-corrected chi connectivity index (χ2v) is 4.99. The lowest BCUT2D eigenvalue weighted by molar-refractivity contribution is 0.590. The fourth-order valence-corrected chi connectivity index (χ4v) is 1.46. The van der Waals surface area contributed by atoms with Crippen LogP contribution in [0.5, 0.6) is 0 Å². The van der Waals surface area contributed by atoms with Crippen LogP contribution in [0.3, 0.4) is 0 Å². The Hall–Kier alpha value is -1.02. The number of rotatable bonds is 3. The number of aryl methyl sites for hydroxylation is 1. The van der Waals surface area contributed by atoms with Crippen molar-refractivity contribution in [3.05, 3.63) is 29.3 Å². The first-order valence-corrected chi connectivity index (χ1v) is 5.45. The van der Waals surface area contributed by atoms with Gasteiger partial charge in [0.1, 0.15) is 0 Å². The molecule has 2 N–H and O–H groups in total. The predicted molar refractivity (Wildman–Crippen MR) is 67.4 cm³/mol. The smallest absolute Gasteiger partial charge is 0.0650 e. The van der Waals surface area contributed by atoms with Crippen LogP contribution in [0.4, 0.5) is 5.69 Å². The Morgan fingerprint density at radius 3 is 2.40 bits per heavy atom. The molecule has 1 aromatic rings. The first-order valence-electron chi connectivity index (χ1n) is 5.45. The van der Waals surface area contributed by atoms with Crippen molar-refractivity contribution in [2.45, 2.75) is 33.1 Å². The van der Waals surface area contributed by atoms with Crippen molar-refractivity contribution in [2.75, 3.05) is 19.0 Å². The van der Waals surface area contributed by atoms with E-state index in [1.165, 1.54) is 16.8 Å². The largest absolute Gasteiger partial charge is 0.372 e. The fraction of sp³-hybridized carbons (Fsp3) is 0.538. The van der Waals surface area contributed by atoms with Gasteiger partial charge in [-0.3, -0.25) is 0 Å². The number of hydrogen-bond donors (Lipinski definition) is 2. The highest BCUT2D eigenvalue weighted by Crippen LogP contribution is 2.26. The molecule has 0 spiro atoms. The van der Waals surface area contributed by atoms with Gasteiger partial charge in [0.25, 0.3) is 0 Å². The summed E-state index contributed by atoms with van der Waals surface area (Å²) in [5, 5.41) is 6.45. The minimum absolute atomic E-state index is 0.212. The molecular weight excluding hydrogens is 184 g/mol. The van der Waals surface area contributed by atoms with Crippen LogP contribution in [0.2, 0.25) is 0 Å². The molecule has 0 bridgehead atoms. The summed E-state index contributed by atoms with van der Waals surface area (Å²) in [6, 6.07) is 6.63. The minimum Gasteiger partial charge on any atom is -0.372 e. The summed E-state index contributed by atoms with van der Waals surface area (Å²) in [6.07, 6.45) is 0. The van der Waals surface area contributed by atoms with E-state index in [0.717, 1.165) is 6.67 Å². The molecule has 0 aliphatic rings. The van der Waals surface area contributed by atoms with Crippen LogP contribution < -0.4 is 10.6 Å². The molecular formula is C13H22N2. The summed E-state index contributed by atoms with van der Waals surface area (Å²) < 4.78 is 0. The van der Waals surface area contributed by atoms with Gasteiger partial charge in [-0.1, -0.05) is 32.9 Å². The van der Waals surface area contributed by atoms with E-state index in [2.05, 4.69) is 56.5 Å². The van der Waals surface area contributed by atoms with E-state index in [-0.39, 0.29) is 5.41 Å². The Morgan fingerprint density at radius 1 is 1.20 bits per heavy atom. The van der Waals surface area contributed by atoms with E-state index in [1.807, 2.05) is 7.05 Å². The molecule has 0 aliphatic carbocycles. The quantitative estimate of drug-likeness (QED) is 0.743. The number of benzene rings is 1. The van der Waals surface area contributed by atoms with Crippen molar-refractivity contribution in [3.63, 3.8) is 0 Å². The molecule has 84 valence electrons. The van der Waals surface area contributed by atoms with Crippen molar-refractivity contribution >= 4 is 5.69 Å². The predicted octanol–water partition coefficient (Wildman–Crippen LogP) is 2.88. The summed E-state index contributed by atoms with van der Waals surface area (Å²) in [5.41, 5.74) is 4.09. The van der Waals surface area contributed by atoms with Gasteiger partial charge >= 0.3 is 0 Å². The van der Waals surface area contributed by atoms with Crippen molar-refractivity contribution in [1.29, 1.82) is 0 Å². The third-order valence-corrected chi connectivity index (χ3v) is 2.56. The normalized spacial score (nSPS) is 11.5. The van der Waals surface area contributed by atoms with Crippen LogP contribution in [0.25, 0.3) is 0 Å². The highest BCUT2D eigenvalue weighted by Gasteiger charge is 2.14. The molecule has 15 heavy (non-hydrogen) atoms. The zero-order chi connectivity index (χ0) is 11.5. The average molecular weight is 206 g/mol. The van der Waals surface area contributed by atoms with Crippen LogP contribution in [0.1, 0.15) is 31.9 Å². The van der Waals surface area contributed by atoms with Gasteiger partial charge in [-0.2, -0.15) is 0 Å². The number of nitrogens with one attached hydrogen (secondary N) is 2. The van der Waals surface area contributed by atoms with E-state index in [4.69, 9.17) is 0 Å². The molecule has 0 heterocycles. The van der Waals surface area contributed by atoms with Crippen molar-refractivity contribution in [3.8, 4) is 0 Å². The SMILES string of the molecule is CNCNc1cc(C(C)(C)C)ccc1C. The molecule has 0 aliphatic heterocycles. The van der Waals surface area contributed by atoms with Crippen LogP contribution in [0, 0.1) is 6.92 Å². The summed E-state index contributed by atoms with van der Waals surface area (Å²) in [4.78, 5) is 0. The molecule has 0 saturated carbocycles. The molecule has 2 heteroatoms. The monoisotopic (exact) mass is 206 g/mol. The summed E-state index contributed by atoms with van der Waals surface area (Å²) in [5.74, 6) is 0. The van der Waals surface area contributed by atoms with Crippen LogP contribution in [-0.4, -0.2) is 13.7 Å². The van der Waals surface area contributed by atoms with Gasteiger partial charge in [-0.25, -0.2) is 0 Å². The van der Waals surface area contributed by atoms with Gasteiger partial charge in [0.15, 0.2) is 0 Å². The second-order valence-electron chi connectivity index (χ2n) is 4.99. The molecule has 0 saturated heterocycles. The third-order valence-electron chi connectivity index (χ3n) is 2.56. The molecule has 0 atom stereocenters.